The first-order chi connectivity index (χ1) is 11.9. The van der Waals surface area contributed by atoms with Gasteiger partial charge in [-0.15, -0.1) is 22.7 Å². The van der Waals surface area contributed by atoms with Crippen molar-refractivity contribution in [1.82, 2.24) is 14.2 Å². The summed E-state index contributed by atoms with van der Waals surface area (Å²) >= 11 is 8.30. The van der Waals surface area contributed by atoms with E-state index in [2.05, 4.69) is 4.98 Å². The van der Waals surface area contributed by atoms with E-state index in [4.69, 9.17) is 11.6 Å². The average molecular weight is 421 g/mol. The third-order valence-corrected chi connectivity index (χ3v) is 8.36. The number of sulfonamides is 1. The van der Waals surface area contributed by atoms with E-state index in [0.29, 0.717) is 35.6 Å². The van der Waals surface area contributed by atoms with Gasteiger partial charge in [-0.2, -0.15) is 4.31 Å². The number of hydrogen-bond donors (Lipinski definition) is 0. The summed E-state index contributed by atoms with van der Waals surface area (Å²) < 4.78 is 27.3. The van der Waals surface area contributed by atoms with Crippen molar-refractivity contribution in [3.8, 4) is 0 Å². The summed E-state index contributed by atoms with van der Waals surface area (Å²) in [5, 5.41) is 2.47. The summed E-state index contributed by atoms with van der Waals surface area (Å²) in [6.45, 7) is 1.97. The Hall–Kier alpha value is -1.04. The molecule has 25 heavy (non-hydrogen) atoms. The molecule has 0 N–H and O–H groups in total. The lowest BCUT2D eigenvalue weighted by Crippen LogP contribution is -2.51. The van der Waals surface area contributed by atoms with Crippen molar-refractivity contribution in [2.45, 2.75) is 4.21 Å². The van der Waals surface area contributed by atoms with Crippen LogP contribution >= 0.6 is 34.3 Å². The summed E-state index contributed by atoms with van der Waals surface area (Å²) in [5.41, 5.74) is 0. The van der Waals surface area contributed by atoms with Crippen LogP contribution in [0.3, 0.4) is 0 Å². The van der Waals surface area contributed by atoms with E-state index in [-0.39, 0.29) is 16.7 Å². The molecule has 11 heteroatoms. The van der Waals surface area contributed by atoms with E-state index in [0.717, 1.165) is 11.3 Å². The van der Waals surface area contributed by atoms with Crippen LogP contribution in [0.4, 0.5) is 5.13 Å². The Labute approximate surface area is 159 Å². The molecule has 3 rings (SSSR count). The standard InChI is InChI=1S/C14H17ClN4O3S3/c1-17(14-16-4-9-23-14)12(20)10-18-5-7-19(8-6-18)25(21,22)13-3-2-11(15)24-13/h2-4,9H,5-8,10H2,1H3. The molecule has 0 aliphatic carbocycles. The van der Waals surface area contributed by atoms with Gasteiger partial charge in [-0.3, -0.25) is 14.6 Å². The summed E-state index contributed by atoms with van der Waals surface area (Å²) in [5.74, 6) is -0.0590. The molecule has 0 aromatic carbocycles. The number of thiazole rings is 1. The lowest BCUT2D eigenvalue weighted by atomic mass is 10.3. The Balaban J connectivity index is 1.56. The van der Waals surface area contributed by atoms with E-state index in [9.17, 15) is 13.2 Å². The van der Waals surface area contributed by atoms with Gasteiger partial charge in [0.1, 0.15) is 4.21 Å². The molecule has 136 valence electrons. The maximum atomic E-state index is 12.6. The van der Waals surface area contributed by atoms with Crippen LogP contribution in [0.5, 0.6) is 0 Å². The number of nitrogens with zero attached hydrogens (tertiary/aromatic N) is 4. The summed E-state index contributed by atoms with van der Waals surface area (Å²) in [4.78, 5) is 19.9. The van der Waals surface area contributed by atoms with E-state index in [1.807, 2.05) is 10.3 Å². The van der Waals surface area contributed by atoms with Crippen LogP contribution in [0.25, 0.3) is 0 Å². The second kappa shape index (κ2) is 7.68. The number of rotatable bonds is 5. The number of anilines is 1. The Morgan fingerprint density at radius 1 is 1.32 bits per heavy atom. The Kier molecular flexibility index (Phi) is 5.76. The Morgan fingerprint density at radius 3 is 2.60 bits per heavy atom. The number of carbonyl (C=O) groups is 1. The highest BCUT2D eigenvalue weighted by molar-refractivity contribution is 7.91. The van der Waals surface area contributed by atoms with Gasteiger partial charge in [-0.1, -0.05) is 11.6 Å². The number of hydrogen-bond acceptors (Lipinski definition) is 7. The maximum Gasteiger partial charge on any atom is 0.252 e. The van der Waals surface area contributed by atoms with Gasteiger partial charge in [0.2, 0.25) is 5.91 Å². The van der Waals surface area contributed by atoms with Crippen molar-refractivity contribution in [1.29, 1.82) is 0 Å². The fraction of sp³-hybridized carbons (Fsp3) is 0.429. The molecule has 0 spiro atoms. The molecule has 0 unspecified atom stereocenters. The fourth-order valence-electron chi connectivity index (χ4n) is 2.48. The van der Waals surface area contributed by atoms with Crippen LogP contribution in [0.15, 0.2) is 27.9 Å². The number of likely N-dealkylation sites (N-methyl/N-ethyl adjacent to an activating group) is 1. The second-order valence-electron chi connectivity index (χ2n) is 5.51. The SMILES string of the molecule is CN(C(=O)CN1CCN(S(=O)(=O)c2ccc(Cl)s2)CC1)c1nccs1. The molecular formula is C14H17ClN4O3S3. The van der Waals surface area contributed by atoms with Gasteiger partial charge in [0.05, 0.1) is 10.9 Å². The van der Waals surface area contributed by atoms with Crippen molar-refractivity contribution < 1.29 is 13.2 Å². The molecule has 2 aromatic heterocycles. The summed E-state index contributed by atoms with van der Waals surface area (Å²) in [6.07, 6.45) is 1.66. The van der Waals surface area contributed by atoms with Gasteiger partial charge >= 0.3 is 0 Å². The minimum absolute atomic E-state index is 0.0590. The normalized spacial score (nSPS) is 16.9. The van der Waals surface area contributed by atoms with Crippen LogP contribution in [-0.4, -0.2) is 68.3 Å². The predicted molar refractivity (Wildman–Crippen MR) is 100 cm³/mol. The molecule has 3 heterocycles. The van der Waals surface area contributed by atoms with Crippen LogP contribution < -0.4 is 4.90 Å². The van der Waals surface area contributed by atoms with Crippen molar-refractivity contribution in [3.05, 3.63) is 28.0 Å². The Morgan fingerprint density at radius 2 is 2.04 bits per heavy atom. The second-order valence-corrected chi connectivity index (χ2v) is 10.3. The highest BCUT2D eigenvalue weighted by Gasteiger charge is 2.30. The molecule has 1 saturated heterocycles. The van der Waals surface area contributed by atoms with Crippen molar-refractivity contribution in [2.24, 2.45) is 0 Å². The quantitative estimate of drug-likeness (QED) is 0.737. The first-order valence-corrected chi connectivity index (χ1v) is 11.0. The van der Waals surface area contributed by atoms with Crippen molar-refractivity contribution >= 4 is 55.3 Å². The number of thiophene rings is 1. The van der Waals surface area contributed by atoms with E-state index >= 15 is 0 Å². The minimum atomic E-state index is -3.51. The number of piperazine rings is 1. The Bertz CT molecular complexity index is 829. The molecule has 1 fully saturated rings. The maximum absolute atomic E-state index is 12.6. The number of carbonyl (C=O) groups excluding carboxylic acids is 1. The van der Waals surface area contributed by atoms with Crippen LogP contribution in [0.1, 0.15) is 0 Å². The molecular weight excluding hydrogens is 404 g/mol. The lowest BCUT2D eigenvalue weighted by molar-refractivity contribution is -0.119. The number of aromatic nitrogens is 1. The molecule has 2 aromatic rings. The predicted octanol–water partition coefficient (Wildman–Crippen LogP) is 1.83. The van der Waals surface area contributed by atoms with Crippen LogP contribution in [-0.2, 0) is 14.8 Å². The molecule has 1 aliphatic rings. The molecule has 1 aliphatic heterocycles. The highest BCUT2D eigenvalue weighted by atomic mass is 35.5. The first-order valence-electron chi connectivity index (χ1n) is 7.52. The van der Waals surface area contributed by atoms with Gasteiger partial charge in [-0.05, 0) is 12.1 Å². The topological polar surface area (TPSA) is 73.8 Å². The first kappa shape index (κ1) is 18.7. The van der Waals surface area contributed by atoms with Crippen LogP contribution in [0, 0.1) is 0 Å². The minimum Gasteiger partial charge on any atom is -0.292 e. The van der Waals surface area contributed by atoms with E-state index in [1.54, 1.807) is 19.3 Å². The van der Waals surface area contributed by atoms with Gasteiger partial charge in [0.15, 0.2) is 5.13 Å². The zero-order chi connectivity index (χ0) is 18.0. The van der Waals surface area contributed by atoms with Crippen molar-refractivity contribution in [2.75, 3.05) is 44.7 Å². The van der Waals surface area contributed by atoms with Gasteiger partial charge in [-0.25, -0.2) is 13.4 Å². The molecule has 0 radical (unpaired) electrons. The van der Waals surface area contributed by atoms with Gasteiger partial charge in [0, 0.05) is 44.8 Å². The third-order valence-electron chi connectivity index (χ3n) is 3.91. The number of amides is 1. The monoisotopic (exact) mass is 420 g/mol. The average Bonchev–Trinajstić information content (AvgIpc) is 3.26. The van der Waals surface area contributed by atoms with Gasteiger partial charge < -0.3 is 0 Å². The summed E-state index contributed by atoms with van der Waals surface area (Å²) in [6, 6.07) is 3.11. The largest absolute Gasteiger partial charge is 0.292 e. The highest BCUT2D eigenvalue weighted by Crippen LogP contribution is 2.28. The van der Waals surface area contributed by atoms with E-state index < -0.39 is 10.0 Å². The summed E-state index contributed by atoms with van der Waals surface area (Å²) in [7, 11) is -1.81. The molecule has 7 nitrogen and oxygen atoms in total. The molecule has 1 amide bonds. The molecule has 0 saturated carbocycles. The molecule has 0 atom stereocenters. The lowest BCUT2D eigenvalue weighted by Gasteiger charge is -2.33. The van der Waals surface area contributed by atoms with Crippen LogP contribution in [0.2, 0.25) is 4.34 Å². The third kappa shape index (κ3) is 4.21. The molecule has 0 bridgehead atoms. The fourth-order valence-corrected chi connectivity index (χ4v) is 6.16. The smallest absolute Gasteiger partial charge is 0.252 e. The van der Waals surface area contributed by atoms with E-state index in [1.165, 1.54) is 26.6 Å². The zero-order valence-corrected chi connectivity index (χ0v) is 16.7. The van der Waals surface area contributed by atoms with Gasteiger partial charge in [0.25, 0.3) is 10.0 Å². The number of halogens is 1. The zero-order valence-electron chi connectivity index (χ0n) is 13.5. The van der Waals surface area contributed by atoms with Crippen molar-refractivity contribution in [3.63, 3.8) is 0 Å².